The van der Waals surface area contributed by atoms with Gasteiger partial charge in [0.2, 0.25) is 5.82 Å². The van der Waals surface area contributed by atoms with Crippen molar-refractivity contribution in [2.75, 3.05) is 6.61 Å². The normalized spacial score (nSPS) is 21.9. The number of nitrogens with one attached hydrogen (secondary N) is 2. The standard InChI is InChI=1S/C25H33F3N3O9P/c1-4-15(5-2)13-37-24(34)14(3)30-41(36,39-16-9-7-6-8-10-16)40-21(22(27)28)20-18(32)11-19(38-20)31-12-17(26)23(33)29-25(31)35/h6-10,12,14-15,18-22,32H,4-5,11,13H2,1-3H3,(H,30,36)(H,29,33,35)/t14-,18-,19+,20-,21-,41+/m0/s1. The number of aromatic amines is 1. The lowest BCUT2D eigenvalue weighted by atomic mass is 10.1. The molecule has 1 aromatic heterocycles. The molecule has 0 bridgehead atoms. The van der Waals surface area contributed by atoms with Crippen LogP contribution in [0.25, 0.3) is 0 Å². The Balaban J connectivity index is 1.85. The number of nitrogens with zero attached hydrogens (tertiary/aromatic N) is 1. The van der Waals surface area contributed by atoms with Gasteiger partial charge in [-0.05, 0) is 25.0 Å². The number of alkyl halides is 2. The topological polar surface area (TPSA) is 158 Å². The zero-order chi connectivity index (χ0) is 30.3. The molecule has 1 aliphatic heterocycles. The molecule has 2 aromatic rings. The third-order valence-electron chi connectivity index (χ3n) is 6.49. The van der Waals surface area contributed by atoms with Crippen LogP contribution in [-0.2, 0) is 23.4 Å². The lowest BCUT2D eigenvalue weighted by Crippen LogP contribution is -2.44. The van der Waals surface area contributed by atoms with Crippen LogP contribution in [0.4, 0.5) is 13.2 Å². The molecule has 0 aliphatic carbocycles. The molecule has 1 fully saturated rings. The van der Waals surface area contributed by atoms with Crippen LogP contribution >= 0.6 is 7.75 Å². The largest absolute Gasteiger partial charge is 0.464 e. The van der Waals surface area contributed by atoms with E-state index in [0.29, 0.717) is 10.8 Å². The van der Waals surface area contributed by atoms with Crippen molar-refractivity contribution >= 4 is 13.7 Å². The van der Waals surface area contributed by atoms with Gasteiger partial charge in [0.15, 0.2) is 6.10 Å². The van der Waals surface area contributed by atoms with E-state index in [1.807, 2.05) is 13.8 Å². The molecule has 2 heterocycles. The van der Waals surface area contributed by atoms with E-state index >= 15 is 0 Å². The Morgan fingerprint density at radius 3 is 2.51 bits per heavy atom. The highest BCUT2D eigenvalue weighted by molar-refractivity contribution is 7.52. The minimum Gasteiger partial charge on any atom is -0.464 e. The highest BCUT2D eigenvalue weighted by Crippen LogP contribution is 2.49. The minimum absolute atomic E-state index is 0.0463. The molecule has 0 amide bonds. The molecular formula is C25H33F3N3O9P. The molecule has 0 unspecified atom stereocenters. The van der Waals surface area contributed by atoms with Gasteiger partial charge >= 0.3 is 19.4 Å². The fraction of sp³-hybridized carbons (Fsp3) is 0.560. The Morgan fingerprint density at radius 1 is 1.24 bits per heavy atom. The fourth-order valence-corrected chi connectivity index (χ4v) is 5.73. The summed E-state index contributed by atoms with van der Waals surface area (Å²) < 4.78 is 78.2. The third kappa shape index (κ3) is 8.52. The number of para-hydroxylation sites is 1. The maximum absolute atomic E-state index is 14.3. The number of ether oxygens (including phenoxy) is 2. The van der Waals surface area contributed by atoms with Crippen molar-refractivity contribution in [2.45, 2.75) is 77.0 Å². The van der Waals surface area contributed by atoms with Gasteiger partial charge in [0, 0.05) is 6.42 Å². The van der Waals surface area contributed by atoms with Gasteiger partial charge in [-0.25, -0.2) is 18.1 Å². The molecule has 16 heteroatoms. The van der Waals surface area contributed by atoms with Gasteiger partial charge in [0.05, 0.1) is 18.9 Å². The van der Waals surface area contributed by atoms with Crippen LogP contribution in [0.3, 0.4) is 0 Å². The number of aromatic nitrogens is 2. The predicted octanol–water partition coefficient (Wildman–Crippen LogP) is 3.12. The molecular weight excluding hydrogens is 574 g/mol. The average Bonchev–Trinajstić information content (AvgIpc) is 3.30. The lowest BCUT2D eigenvalue weighted by Gasteiger charge is -2.30. The molecule has 12 nitrogen and oxygen atoms in total. The van der Waals surface area contributed by atoms with E-state index in [-0.39, 0.29) is 18.3 Å². The number of aliphatic hydroxyl groups excluding tert-OH is 1. The first kappa shape index (κ1) is 32.5. The highest BCUT2D eigenvalue weighted by atomic mass is 31.2. The Labute approximate surface area is 233 Å². The number of benzene rings is 1. The van der Waals surface area contributed by atoms with E-state index in [9.17, 15) is 37.2 Å². The number of hydrogen-bond acceptors (Lipinski definition) is 9. The summed E-state index contributed by atoms with van der Waals surface area (Å²) in [6, 6.07) is 6.08. The van der Waals surface area contributed by atoms with E-state index in [2.05, 4.69) is 5.09 Å². The summed E-state index contributed by atoms with van der Waals surface area (Å²) in [4.78, 5) is 37.8. The number of rotatable bonds is 14. The fourth-order valence-electron chi connectivity index (χ4n) is 4.07. The number of aliphatic hydroxyl groups is 1. The first-order valence-corrected chi connectivity index (χ1v) is 14.5. The number of halogens is 3. The molecule has 0 radical (unpaired) electrons. The van der Waals surface area contributed by atoms with Crippen LogP contribution in [0.2, 0.25) is 0 Å². The van der Waals surface area contributed by atoms with E-state index in [1.165, 1.54) is 31.2 Å². The van der Waals surface area contributed by atoms with Gasteiger partial charge in [-0.1, -0.05) is 44.9 Å². The highest BCUT2D eigenvalue weighted by Gasteiger charge is 2.49. The van der Waals surface area contributed by atoms with Crippen molar-refractivity contribution in [3.63, 3.8) is 0 Å². The van der Waals surface area contributed by atoms with Crippen LogP contribution in [0.1, 0.15) is 46.3 Å². The molecule has 228 valence electrons. The van der Waals surface area contributed by atoms with Crippen molar-refractivity contribution in [1.82, 2.24) is 14.6 Å². The second kappa shape index (κ2) is 14.3. The molecule has 6 atom stereocenters. The average molecular weight is 608 g/mol. The molecule has 0 saturated carbocycles. The smallest absolute Gasteiger partial charge is 0.460 e. The quantitative estimate of drug-likeness (QED) is 0.215. The summed E-state index contributed by atoms with van der Waals surface area (Å²) >= 11 is 0. The van der Waals surface area contributed by atoms with Crippen molar-refractivity contribution in [2.24, 2.45) is 5.92 Å². The molecule has 41 heavy (non-hydrogen) atoms. The van der Waals surface area contributed by atoms with E-state index in [4.69, 9.17) is 18.5 Å². The summed E-state index contributed by atoms with van der Waals surface area (Å²) in [7, 11) is -4.82. The van der Waals surface area contributed by atoms with Crippen molar-refractivity contribution < 1.29 is 46.2 Å². The SMILES string of the molecule is CCC(CC)COC(=O)[C@H](C)N[P@@](=O)(Oc1ccccc1)O[C@H](C(F)F)[C@H]1O[C@@H](n2cc(F)c(=O)[nH]c2=O)C[C@@H]1O. The first-order chi connectivity index (χ1) is 19.4. The molecule has 1 aliphatic rings. The van der Waals surface area contributed by atoms with Gasteiger partial charge in [0.25, 0.3) is 12.0 Å². The summed E-state index contributed by atoms with van der Waals surface area (Å²) in [5.74, 6) is -2.13. The van der Waals surface area contributed by atoms with Crippen LogP contribution in [-0.4, -0.2) is 58.0 Å². The zero-order valence-electron chi connectivity index (χ0n) is 22.6. The second-order valence-electron chi connectivity index (χ2n) is 9.47. The monoisotopic (exact) mass is 607 g/mol. The third-order valence-corrected chi connectivity index (χ3v) is 8.17. The predicted molar refractivity (Wildman–Crippen MR) is 139 cm³/mol. The summed E-state index contributed by atoms with van der Waals surface area (Å²) in [5, 5.41) is 12.8. The number of carbonyl (C=O) groups is 1. The zero-order valence-corrected chi connectivity index (χ0v) is 23.5. The summed E-state index contributed by atoms with van der Waals surface area (Å²) in [5.41, 5.74) is -2.41. The van der Waals surface area contributed by atoms with Crippen LogP contribution < -0.4 is 20.9 Å². The molecule has 3 rings (SSSR count). The van der Waals surface area contributed by atoms with Crippen LogP contribution in [0.15, 0.2) is 46.1 Å². The summed E-state index contributed by atoms with van der Waals surface area (Å²) in [6.07, 6.45) is -9.33. The van der Waals surface area contributed by atoms with Gasteiger partial charge in [0.1, 0.15) is 24.1 Å². The maximum Gasteiger partial charge on any atom is 0.460 e. The molecule has 1 aromatic carbocycles. The Bertz CT molecular complexity index is 1320. The minimum atomic E-state index is -4.82. The number of hydrogen-bond donors (Lipinski definition) is 3. The van der Waals surface area contributed by atoms with Gasteiger partial charge in [-0.2, -0.15) is 9.48 Å². The Kier molecular flexibility index (Phi) is 11.3. The van der Waals surface area contributed by atoms with Crippen molar-refractivity contribution in [1.29, 1.82) is 0 Å². The van der Waals surface area contributed by atoms with Crippen molar-refractivity contribution in [3.8, 4) is 5.75 Å². The molecule has 3 N–H and O–H groups in total. The maximum atomic E-state index is 14.3. The van der Waals surface area contributed by atoms with Crippen LogP contribution in [0, 0.1) is 11.7 Å². The Hall–Kier alpha value is -2.97. The van der Waals surface area contributed by atoms with Gasteiger partial charge < -0.3 is 19.1 Å². The van der Waals surface area contributed by atoms with Crippen LogP contribution in [0.5, 0.6) is 5.75 Å². The molecule has 0 spiro atoms. The van der Waals surface area contributed by atoms with Crippen molar-refractivity contribution in [3.05, 3.63) is 63.2 Å². The molecule has 1 saturated heterocycles. The summed E-state index contributed by atoms with van der Waals surface area (Å²) in [6.45, 7) is 5.23. The first-order valence-electron chi connectivity index (χ1n) is 13.0. The second-order valence-corrected chi connectivity index (χ2v) is 11.1. The van der Waals surface area contributed by atoms with E-state index < -0.39 is 74.2 Å². The van der Waals surface area contributed by atoms with Gasteiger partial charge in [-0.15, -0.1) is 0 Å². The van der Waals surface area contributed by atoms with E-state index in [1.54, 1.807) is 11.1 Å². The van der Waals surface area contributed by atoms with Gasteiger partial charge in [-0.3, -0.25) is 23.7 Å². The number of H-pyrrole nitrogens is 1. The Morgan fingerprint density at radius 2 is 1.90 bits per heavy atom. The number of carbonyl (C=O) groups excluding carboxylic acids is 1. The van der Waals surface area contributed by atoms with E-state index in [0.717, 1.165) is 12.8 Å². The lowest BCUT2D eigenvalue weighted by molar-refractivity contribution is -0.147. The number of esters is 1.